The second kappa shape index (κ2) is 2.61. The Bertz CT molecular complexity index is 255. The van der Waals surface area contributed by atoms with Crippen LogP contribution in [0.3, 0.4) is 0 Å². The number of hydrogen-bond donors (Lipinski definition) is 1. The minimum Gasteiger partial charge on any atom is -0.402 e. The predicted molar refractivity (Wildman–Crippen MR) is 47.3 cm³/mol. The zero-order valence-corrected chi connectivity index (χ0v) is 7.47. The number of rotatable bonds is 1. The van der Waals surface area contributed by atoms with Crippen molar-refractivity contribution in [3.05, 3.63) is 11.3 Å². The molecule has 1 fully saturated rings. The molecule has 0 aliphatic heterocycles. The summed E-state index contributed by atoms with van der Waals surface area (Å²) in [7, 11) is 0. The molecule has 0 amide bonds. The van der Waals surface area contributed by atoms with Gasteiger partial charge in [-0.25, -0.2) is 0 Å². The molecule has 0 unspecified atom stereocenters. The molecule has 2 aliphatic rings. The first-order chi connectivity index (χ1) is 5.70. The summed E-state index contributed by atoms with van der Waals surface area (Å²) in [5.74, 6) is 1.41. The molecule has 2 rings (SSSR count). The van der Waals surface area contributed by atoms with Crippen LogP contribution < -0.4 is 5.73 Å². The van der Waals surface area contributed by atoms with E-state index < -0.39 is 0 Å². The van der Waals surface area contributed by atoms with Gasteiger partial charge in [0.2, 0.25) is 0 Å². The van der Waals surface area contributed by atoms with Crippen LogP contribution in [0, 0.1) is 11.8 Å². The first-order valence-electron chi connectivity index (χ1n) is 4.69. The zero-order chi connectivity index (χ0) is 8.72. The predicted octanol–water partition coefficient (Wildman–Crippen LogP) is 1.61. The molecular formula is C10H15NO. The molecule has 0 aromatic heterocycles. The molecule has 12 heavy (non-hydrogen) atoms. The van der Waals surface area contributed by atoms with Gasteiger partial charge < -0.3 is 5.73 Å². The van der Waals surface area contributed by atoms with Gasteiger partial charge in [-0.2, -0.15) is 0 Å². The van der Waals surface area contributed by atoms with Crippen molar-refractivity contribution in [2.45, 2.75) is 32.6 Å². The molecule has 2 aliphatic carbocycles. The van der Waals surface area contributed by atoms with Crippen LogP contribution in [0.1, 0.15) is 32.6 Å². The second-order valence-electron chi connectivity index (χ2n) is 4.00. The van der Waals surface area contributed by atoms with Gasteiger partial charge in [-0.15, -0.1) is 0 Å². The Morgan fingerprint density at radius 2 is 2.25 bits per heavy atom. The van der Waals surface area contributed by atoms with E-state index in [9.17, 15) is 4.79 Å². The summed E-state index contributed by atoms with van der Waals surface area (Å²) in [5.41, 5.74) is 7.66. The lowest BCUT2D eigenvalue weighted by atomic mass is 9.93. The van der Waals surface area contributed by atoms with Crippen molar-refractivity contribution in [3.8, 4) is 0 Å². The second-order valence-corrected chi connectivity index (χ2v) is 4.00. The number of hydrogen-bond acceptors (Lipinski definition) is 2. The minimum absolute atomic E-state index is 0.196. The average molecular weight is 165 g/mol. The van der Waals surface area contributed by atoms with E-state index >= 15 is 0 Å². The van der Waals surface area contributed by atoms with Crippen molar-refractivity contribution in [2.75, 3.05) is 0 Å². The van der Waals surface area contributed by atoms with Gasteiger partial charge in [0.1, 0.15) is 0 Å². The van der Waals surface area contributed by atoms with E-state index in [1.54, 1.807) is 6.92 Å². The van der Waals surface area contributed by atoms with Crippen LogP contribution in [0.15, 0.2) is 11.3 Å². The molecule has 0 radical (unpaired) electrons. The Balaban J connectivity index is 2.29. The van der Waals surface area contributed by atoms with E-state index in [1.165, 1.54) is 19.3 Å². The molecule has 0 saturated heterocycles. The molecular weight excluding hydrogens is 150 g/mol. The first kappa shape index (κ1) is 7.84. The molecule has 2 N–H and O–H groups in total. The molecule has 2 nitrogen and oxygen atoms in total. The number of allylic oxidation sites excluding steroid dienone is 2. The van der Waals surface area contributed by atoms with E-state index in [-0.39, 0.29) is 5.78 Å². The fraction of sp³-hybridized carbons (Fsp3) is 0.700. The summed E-state index contributed by atoms with van der Waals surface area (Å²) in [6.45, 7) is 1.64. The summed E-state index contributed by atoms with van der Waals surface area (Å²) < 4.78 is 0. The minimum atomic E-state index is 0.196. The van der Waals surface area contributed by atoms with Crippen molar-refractivity contribution in [2.24, 2.45) is 17.6 Å². The van der Waals surface area contributed by atoms with E-state index in [0.29, 0.717) is 11.8 Å². The maximum absolute atomic E-state index is 11.3. The molecule has 2 atom stereocenters. The molecule has 0 aromatic carbocycles. The van der Waals surface area contributed by atoms with E-state index in [4.69, 9.17) is 5.73 Å². The summed E-state index contributed by atoms with van der Waals surface area (Å²) >= 11 is 0. The highest BCUT2D eigenvalue weighted by Crippen LogP contribution is 2.46. The van der Waals surface area contributed by atoms with Crippen LogP contribution >= 0.6 is 0 Å². The number of Topliss-reactive ketones (excluding diaryl/α,β-unsaturated/α-hetero) is 1. The van der Waals surface area contributed by atoms with Gasteiger partial charge >= 0.3 is 0 Å². The maximum Gasteiger partial charge on any atom is 0.157 e. The maximum atomic E-state index is 11.3. The molecule has 0 bridgehead atoms. The molecule has 0 heterocycles. The van der Waals surface area contributed by atoms with E-state index in [0.717, 1.165) is 17.7 Å². The smallest absolute Gasteiger partial charge is 0.157 e. The number of ketones is 1. The SMILES string of the molecule is CC(=O)C1=C(N)C[C@H]2CCC[C@@H]12. The summed E-state index contributed by atoms with van der Waals surface area (Å²) in [4.78, 5) is 11.3. The van der Waals surface area contributed by atoms with Crippen LogP contribution in [0.5, 0.6) is 0 Å². The van der Waals surface area contributed by atoms with Gasteiger partial charge in [0, 0.05) is 11.3 Å². The largest absolute Gasteiger partial charge is 0.402 e. The third-order valence-corrected chi connectivity index (χ3v) is 3.24. The Morgan fingerprint density at radius 3 is 2.92 bits per heavy atom. The van der Waals surface area contributed by atoms with Crippen LogP contribution in [0.2, 0.25) is 0 Å². The van der Waals surface area contributed by atoms with Gasteiger partial charge in [-0.3, -0.25) is 4.79 Å². The molecule has 0 aromatic rings. The lowest BCUT2D eigenvalue weighted by molar-refractivity contribution is -0.114. The zero-order valence-electron chi connectivity index (χ0n) is 7.47. The Morgan fingerprint density at radius 1 is 1.50 bits per heavy atom. The third-order valence-electron chi connectivity index (χ3n) is 3.24. The number of carbonyl (C=O) groups excluding carboxylic acids is 1. The Kier molecular flexibility index (Phi) is 1.71. The third kappa shape index (κ3) is 0.977. The van der Waals surface area contributed by atoms with Gasteiger partial charge in [-0.1, -0.05) is 6.42 Å². The molecule has 0 spiro atoms. The van der Waals surface area contributed by atoms with Crippen molar-refractivity contribution < 1.29 is 4.79 Å². The number of carbonyl (C=O) groups is 1. The van der Waals surface area contributed by atoms with Crippen LogP contribution in [0.4, 0.5) is 0 Å². The van der Waals surface area contributed by atoms with Gasteiger partial charge in [0.15, 0.2) is 5.78 Å². The lowest BCUT2D eigenvalue weighted by Crippen LogP contribution is -2.10. The van der Waals surface area contributed by atoms with Crippen LogP contribution in [-0.2, 0) is 4.79 Å². The standard InChI is InChI=1S/C10H15NO/c1-6(12)10-8-4-2-3-7(8)5-9(10)11/h7-8H,2-5,11H2,1H3/t7-,8-/m1/s1. The number of nitrogens with two attached hydrogens (primary N) is 1. The Hall–Kier alpha value is -0.790. The van der Waals surface area contributed by atoms with Gasteiger partial charge in [-0.05, 0) is 38.0 Å². The fourth-order valence-electron chi connectivity index (χ4n) is 2.78. The fourth-order valence-corrected chi connectivity index (χ4v) is 2.78. The summed E-state index contributed by atoms with van der Waals surface area (Å²) in [6, 6.07) is 0. The van der Waals surface area contributed by atoms with Crippen molar-refractivity contribution >= 4 is 5.78 Å². The highest BCUT2D eigenvalue weighted by molar-refractivity contribution is 5.95. The van der Waals surface area contributed by atoms with Crippen LogP contribution in [-0.4, -0.2) is 5.78 Å². The summed E-state index contributed by atoms with van der Waals surface area (Å²) in [5, 5.41) is 0. The van der Waals surface area contributed by atoms with Crippen molar-refractivity contribution in [1.82, 2.24) is 0 Å². The first-order valence-corrected chi connectivity index (χ1v) is 4.69. The highest BCUT2D eigenvalue weighted by Gasteiger charge is 2.38. The molecule has 1 saturated carbocycles. The lowest BCUT2D eigenvalue weighted by Gasteiger charge is -2.10. The van der Waals surface area contributed by atoms with Crippen LogP contribution in [0.25, 0.3) is 0 Å². The van der Waals surface area contributed by atoms with E-state index in [2.05, 4.69) is 0 Å². The monoisotopic (exact) mass is 165 g/mol. The number of fused-ring (bicyclic) bond motifs is 1. The summed E-state index contributed by atoms with van der Waals surface area (Å²) in [6.07, 6.45) is 4.70. The quantitative estimate of drug-likeness (QED) is 0.641. The topological polar surface area (TPSA) is 43.1 Å². The normalized spacial score (nSPS) is 34.1. The van der Waals surface area contributed by atoms with E-state index in [1.807, 2.05) is 0 Å². The highest BCUT2D eigenvalue weighted by atomic mass is 16.1. The van der Waals surface area contributed by atoms with Gasteiger partial charge in [0.25, 0.3) is 0 Å². The van der Waals surface area contributed by atoms with Gasteiger partial charge in [0.05, 0.1) is 0 Å². The molecule has 2 heteroatoms. The molecule has 66 valence electrons. The van der Waals surface area contributed by atoms with Crippen molar-refractivity contribution in [1.29, 1.82) is 0 Å². The van der Waals surface area contributed by atoms with Crippen molar-refractivity contribution in [3.63, 3.8) is 0 Å². The Labute approximate surface area is 72.8 Å². The average Bonchev–Trinajstić information content (AvgIpc) is 2.44.